The Labute approximate surface area is 243 Å². The quantitative estimate of drug-likeness (QED) is 0.159. The number of aliphatic hydroxyl groups is 1. The van der Waals surface area contributed by atoms with Crippen molar-refractivity contribution in [3.05, 3.63) is 29.8 Å². The molecular weight excluding hydrogens is 484 g/mol. The zero-order chi connectivity index (χ0) is 30.0. The second-order valence-electron chi connectivity index (χ2n) is 13.2. The molecule has 0 radical (unpaired) electrons. The van der Waals surface area contributed by atoms with Gasteiger partial charge in [0.2, 0.25) is 0 Å². The Hall–Kier alpha value is -1.55. The highest BCUT2D eigenvalue weighted by Crippen LogP contribution is 2.29. The van der Waals surface area contributed by atoms with Gasteiger partial charge in [-0.3, -0.25) is 4.79 Å². The smallest absolute Gasteiger partial charge is 0.303 e. The summed E-state index contributed by atoms with van der Waals surface area (Å²) in [6.07, 6.45) is 23.2. The zero-order valence-electron chi connectivity index (χ0n) is 27.0. The third-order valence-corrected chi connectivity index (χ3v) is 6.81. The first-order valence-electron chi connectivity index (χ1n) is 16.0. The van der Waals surface area contributed by atoms with E-state index < -0.39 is 5.97 Å². The van der Waals surface area contributed by atoms with Crippen LogP contribution in [-0.2, 0) is 10.2 Å². The van der Waals surface area contributed by atoms with Gasteiger partial charge in [0.15, 0.2) is 0 Å². The van der Waals surface area contributed by atoms with Gasteiger partial charge in [-0.15, -0.1) is 0 Å². The van der Waals surface area contributed by atoms with Crippen molar-refractivity contribution in [3.8, 4) is 5.75 Å². The maximum atomic E-state index is 10.0. The maximum Gasteiger partial charge on any atom is 0.303 e. The summed E-state index contributed by atoms with van der Waals surface area (Å²) in [5.74, 6) is -0.315. The van der Waals surface area contributed by atoms with Crippen LogP contribution in [-0.4, -0.2) is 27.9 Å². The lowest BCUT2D eigenvalue weighted by Gasteiger charge is -2.19. The number of hydrogen-bond donors (Lipinski definition) is 3. The monoisotopic (exact) mass is 550 g/mol. The SMILES string of the molecule is CC(C)(C)CCC(=O)O.CC(C)(C)c1ccccc1O.CCCCCCCCCCCCCCCCCCO. The lowest BCUT2D eigenvalue weighted by Crippen LogP contribution is -2.10. The standard InChI is InChI=1S/C18H38O.C10H14O.C7H14O2/c1-2-3-4-5-6-7-8-9-10-11-12-13-14-15-16-17-18-19;1-10(2,3)8-6-4-5-7-9(8)11;1-7(2,3)5-4-6(8)9/h19H,2-18H2,1H3;4-7,11H,1-3H3;4-5H2,1-3H3,(H,8,9). The fourth-order valence-corrected chi connectivity index (χ4v) is 4.25. The number of unbranched alkanes of at least 4 members (excludes halogenated alkanes) is 15. The van der Waals surface area contributed by atoms with Gasteiger partial charge in [-0.25, -0.2) is 0 Å². The van der Waals surface area contributed by atoms with Crippen molar-refractivity contribution in [1.82, 2.24) is 0 Å². The van der Waals surface area contributed by atoms with Gasteiger partial charge in [-0.2, -0.15) is 0 Å². The van der Waals surface area contributed by atoms with Crippen LogP contribution in [0.3, 0.4) is 0 Å². The van der Waals surface area contributed by atoms with Crippen LogP contribution in [0, 0.1) is 5.41 Å². The Morgan fingerprint density at radius 1 is 0.667 bits per heavy atom. The molecule has 0 saturated heterocycles. The van der Waals surface area contributed by atoms with Crippen LogP contribution >= 0.6 is 0 Å². The molecule has 0 aliphatic carbocycles. The van der Waals surface area contributed by atoms with Crippen LogP contribution in [0.4, 0.5) is 0 Å². The lowest BCUT2D eigenvalue weighted by atomic mass is 9.86. The van der Waals surface area contributed by atoms with Gasteiger partial charge in [0, 0.05) is 13.0 Å². The van der Waals surface area contributed by atoms with E-state index in [-0.39, 0.29) is 17.3 Å². The van der Waals surface area contributed by atoms with Gasteiger partial charge in [-0.05, 0) is 35.3 Å². The van der Waals surface area contributed by atoms with E-state index in [4.69, 9.17) is 10.2 Å². The fraction of sp³-hybridized carbons (Fsp3) is 0.800. The van der Waals surface area contributed by atoms with E-state index in [1.54, 1.807) is 6.07 Å². The molecule has 0 fully saturated rings. The number of hydrogen-bond acceptors (Lipinski definition) is 3. The molecule has 0 spiro atoms. The summed E-state index contributed by atoms with van der Waals surface area (Å²) in [7, 11) is 0. The van der Waals surface area contributed by atoms with Gasteiger partial charge >= 0.3 is 5.97 Å². The zero-order valence-corrected chi connectivity index (χ0v) is 27.0. The van der Waals surface area contributed by atoms with Gasteiger partial charge in [0.05, 0.1) is 0 Å². The molecule has 0 aliphatic rings. The van der Waals surface area contributed by atoms with E-state index in [0.29, 0.717) is 12.4 Å². The molecule has 0 atom stereocenters. The van der Waals surface area contributed by atoms with Gasteiger partial charge in [0.25, 0.3) is 0 Å². The molecule has 230 valence electrons. The third kappa shape index (κ3) is 30.8. The fourth-order valence-electron chi connectivity index (χ4n) is 4.25. The number of phenolic OH excluding ortho intramolecular Hbond substituents is 1. The number of rotatable bonds is 18. The first-order chi connectivity index (χ1) is 18.3. The molecule has 0 saturated carbocycles. The van der Waals surface area contributed by atoms with E-state index in [0.717, 1.165) is 18.4 Å². The number of aliphatic hydroxyl groups excluding tert-OH is 1. The Kier molecular flexibility index (Phi) is 25.8. The molecule has 0 amide bonds. The predicted octanol–water partition coefficient (Wildman–Crippen LogP) is 10.8. The van der Waals surface area contributed by atoms with Crippen molar-refractivity contribution in [3.63, 3.8) is 0 Å². The summed E-state index contributed by atoms with van der Waals surface area (Å²) in [4.78, 5) is 10.0. The number of aromatic hydroxyl groups is 1. The number of phenols is 1. The number of carboxylic acids is 1. The van der Waals surface area contributed by atoms with Gasteiger partial charge in [-0.1, -0.05) is 163 Å². The van der Waals surface area contributed by atoms with Crippen LogP contribution in [0.15, 0.2) is 24.3 Å². The Balaban J connectivity index is 0. The highest BCUT2D eigenvalue weighted by Gasteiger charge is 2.16. The molecule has 0 aliphatic heterocycles. The number of para-hydroxylation sites is 1. The molecule has 39 heavy (non-hydrogen) atoms. The normalized spacial score (nSPS) is 11.3. The summed E-state index contributed by atoms with van der Waals surface area (Å²) < 4.78 is 0. The number of aliphatic carboxylic acids is 1. The molecule has 0 aromatic heterocycles. The van der Waals surface area contributed by atoms with Gasteiger partial charge in [0.1, 0.15) is 5.75 Å². The number of carbonyl (C=O) groups is 1. The summed E-state index contributed by atoms with van der Waals surface area (Å²) in [5, 5.41) is 26.4. The van der Waals surface area contributed by atoms with Crippen LogP contribution in [0.1, 0.15) is 170 Å². The van der Waals surface area contributed by atoms with E-state index in [9.17, 15) is 9.90 Å². The van der Waals surface area contributed by atoms with E-state index >= 15 is 0 Å². The molecular formula is C35H66O4. The molecule has 4 heteroatoms. The van der Waals surface area contributed by atoms with Crippen LogP contribution < -0.4 is 0 Å². The summed E-state index contributed by atoms with van der Waals surface area (Å²) in [6.45, 7) is 15.0. The second kappa shape index (κ2) is 25.4. The second-order valence-corrected chi connectivity index (χ2v) is 13.2. The Morgan fingerprint density at radius 3 is 1.31 bits per heavy atom. The van der Waals surface area contributed by atoms with Crippen molar-refractivity contribution in [1.29, 1.82) is 0 Å². The lowest BCUT2D eigenvalue weighted by molar-refractivity contribution is -0.137. The summed E-state index contributed by atoms with van der Waals surface area (Å²) in [6, 6.07) is 7.46. The molecule has 1 rings (SSSR count). The number of carboxylic acid groups (broad SMARTS) is 1. The van der Waals surface area contributed by atoms with Crippen molar-refractivity contribution >= 4 is 5.97 Å². The maximum absolute atomic E-state index is 10.0. The van der Waals surface area contributed by atoms with Crippen molar-refractivity contribution in [2.24, 2.45) is 5.41 Å². The average molecular weight is 551 g/mol. The minimum Gasteiger partial charge on any atom is -0.508 e. The molecule has 0 bridgehead atoms. The Bertz CT molecular complexity index is 654. The predicted molar refractivity (Wildman–Crippen MR) is 170 cm³/mol. The van der Waals surface area contributed by atoms with Crippen molar-refractivity contribution in [2.75, 3.05) is 6.61 Å². The first kappa shape index (κ1) is 39.6. The third-order valence-electron chi connectivity index (χ3n) is 6.81. The molecule has 4 nitrogen and oxygen atoms in total. The highest BCUT2D eigenvalue weighted by atomic mass is 16.4. The minimum atomic E-state index is -0.704. The first-order valence-corrected chi connectivity index (χ1v) is 16.0. The molecule has 1 aromatic rings. The largest absolute Gasteiger partial charge is 0.508 e. The minimum absolute atomic E-state index is 0.0331. The van der Waals surface area contributed by atoms with E-state index in [1.807, 2.05) is 39.0 Å². The van der Waals surface area contributed by atoms with Crippen LogP contribution in [0.25, 0.3) is 0 Å². The van der Waals surface area contributed by atoms with Crippen molar-refractivity contribution in [2.45, 2.75) is 169 Å². The Morgan fingerprint density at radius 2 is 1.05 bits per heavy atom. The van der Waals surface area contributed by atoms with Crippen molar-refractivity contribution < 1.29 is 20.1 Å². The van der Waals surface area contributed by atoms with Crippen LogP contribution in [0.2, 0.25) is 0 Å². The molecule has 0 unspecified atom stereocenters. The topological polar surface area (TPSA) is 77.8 Å². The molecule has 1 aromatic carbocycles. The summed E-state index contributed by atoms with van der Waals surface area (Å²) >= 11 is 0. The van der Waals surface area contributed by atoms with Crippen LogP contribution in [0.5, 0.6) is 5.75 Å². The molecule has 0 heterocycles. The number of benzene rings is 1. The average Bonchev–Trinajstić information content (AvgIpc) is 2.85. The van der Waals surface area contributed by atoms with E-state index in [1.165, 1.54) is 96.3 Å². The highest BCUT2D eigenvalue weighted by molar-refractivity contribution is 5.66. The molecule has 3 N–H and O–H groups in total. The van der Waals surface area contributed by atoms with E-state index in [2.05, 4.69) is 27.7 Å². The summed E-state index contributed by atoms with van der Waals surface area (Å²) in [5.41, 5.74) is 1.18. The van der Waals surface area contributed by atoms with Gasteiger partial charge < -0.3 is 15.3 Å².